The van der Waals surface area contributed by atoms with Gasteiger partial charge in [0.1, 0.15) is 11.4 Å². The summed E-state index contributed by atoms with van der Waals surface area (Å²) in [6.07, 6.45) is 0. The van der Waals surface area contributed by atoms with Crippen LogP contribution < -0.4 is 19.9 Å². The van der Waals surface area contributed by atoms with Crippen molar-refractivity contribution in [3.8, 4) is 5.75 Å². The molecule has 1 aliphatic rings. The Hall–Kier alpha value is -4.06. The Balaban J connectivity index is 1.72. The lowest BCUT2D eigenvalue weighted by Gasteiger charge is -2.22. The van der Waals surface area contributed by atoms with Gasteiger partial charge in [0.05, 0.1) is 17.9 Å². The third-order valence-corrected chi connectivity index (χ3v) is 5.80. The summed E-state index contributed by atoms with van der Waals surface area (Å²) in [5, 5.41) is 3.20. The fourth-order valence-electron chi connectivity index (χ4n) is 4.13. The Bertz CT molecular complexity index is 1200. The monoisotopic (exact) mass is 455 g/mol. The van der Waals surface area contributed by atoms with Crippen LogP contribution in [0.15, 0.2) is 84.6 Å². The second-order valence-electron chi connectivity index (χ2n) is 7.84. The average Bonchev–Trinajstić information content (AvgIpc) is 3.10. The summed E-state index contributed by atoms with van der Waals surface area (Å²) in [5.74, 6) is -0.0495. The van der Waals surface area contributed by atoms with E-state index in [1.165, 1.54) is 4.90 Å². The van der Waals surface area contributed by atoms with Crippen LogP contribution in [0.3, 0.4) is 0 Å². The molecule has 34 heavy (non-hydrogen) atoms. The zero-order valence-corrected chi connectivity index (χ0v) is 19.7. The molecule has 2 amide bonds. The Labute approximate surface area is 200 Å². The van der Waals surface area contributed by atoms with E-state index >= 15 is 0 Å². The Morgan fingerprint density at radius 1 is 0.824 bits per heavy atom. The maximum absolute atomic E-state index is 13.6. The van der Waals surface area contributed by atoms with Crippen LogP contribution in [0.5, 0.6) is 5.75 Å². The highest BCUT2D eigenvalue weighted by Gasteiger charge is 2.40. The van der Waals surface area contributed by atoms with Crippen LogP contribution in [-0.4, -0.2) is 31.5 Å². The van der Waals surface area contributed by atoms with Gasteiger partial charge in [-0.2, -0.15) is 0 Å². The van der Waals surface area contributed by atoms with E-state index in [1.54, 1.807) is 0 Å². The predicted octanol–water partition coefficient (Wildman–Crippen LogP) is 5.33. The largest absolute Gasteiger partial charge is 0.494 e. The maximum Gasteiger partial charge on any atom is 0.282 e. The van der Waals surface area contributed by atoms with Crippen molar-refractivity contribution in [2.24, 2.45) is 0 Å². The lowest BCUT2D eigenvalue weighted by atomic mass is 10.0. The molecule has 1 aliphatic heterocycles. The molecule has 0 saturated heterocycles. The molecule has 4 rings (SSSR count). The molecule has 3 aromatic carbocycles. The fourth-order valence-corrected chi connectivity index (χ4v) is 4.13. The maximum atomic E-state index is 13.6. The van der Waals surface area contributed by atoms with Crippen LogP contribution >= 0.6 is 0 Å². The van der Waals surface area contributed by atoms with Gasteiger partial charge in [0.2, 0.25) is 0 Å². The first-order valence-electron chi connectivity index (χ1n) is 11.6. The normalized spacial score (nSPS) is 13.4. The second-order valence-corrected chi connectivity index (χ2v) is 7.84. The van der Waals surface area contributed by atoms with Crippen LogP contribution in [0, 0.1) is 0 Å². The van der Waals surface area contributed by atoms with Crippen molar-refractivity contribution in [2.75, 3.05) is 34.8 Å². The van der Waals surface area contributed by atoms with Crippen LogP contribution in [0.1, 0.15) is 26.3 Å². The molecule has 1 heterocycles. The highest BCUT2D eigenvalue weighted by Crippen LogP contribution is 2.34. The summed E-state index contributed by atoms with van der Waals surface area (Å²) >= 11 is 0. The lowest BCUT2D eigenvalue weighted by Crippen LogP contribution is -2.32. The van der Waals surface area contributed by atoms with Gasteiger partial charge in [0.15, 0.2) is 0 Å². The van der Waals surface area contributed by atoms with Crippen molar-refractivity contribution >= 4 is 34.4 Å². The lowest BCUT2D eigenvalue weighted by molar-refractivity contribution is -0.120. The van der Waals surface area contributed by atoms with E-state index in [9.17, 15) is 9.59 Å². The summed E-state index contributed by atoms with van der Waals surface area (Å²) in [6.45, 7) is 8.41. The molecule has 0 aliphatic carbocycles. The number of hydrogen-bond acceptors (Lipinski definition) is 5. The van der Waals surface area contributed by atoms with E-state index in [-0.39, 0.29) is 17.5 Å². The van der Waals surface area contributed by atoms with Crippen molar-refractivity contribution in [1.82, 2.24) is 0 Å². The summed E-state index contributed by atoms with van der Waals surface area (Å²) in [6, 6.07) is 24.2. The summed E-state index contributed by atoms with van der Waals surface area (Å²) < 4.78 is 5.59. The van der Waals surface area contributed by atoms with Gasteiger partial charge < -0.3 is 15.0 Å². The number of imide groups is 1. The third-order valence-electron chi connectivity index (χ3n) is 5.80. The minimum atomic E-state index is -0.388. The van der Waals surface area contributed by atoms with Gasteiger partial charge in [0, 0.05) is 30.5 Å². The molecule has 0 bridgehead atoms. The molecular weight excluding hydrogens is 426 g/mol. The van der Waals surface area contributed by atoms with E-state index in [4.69, 9.17) is 4.74 Å². The molecule has 0 aromatic heterocycles. The number of hydrogen-bond donors (Lipinski definition) is 1. The van der Waals surface area contributed by atoms with Gasteiger partial charge in [-0.15, -0.1) is 0 Å². The Kier molecular flexibility index (Phi) is 6.97. The van der Waals surface area contributed by atoms with Crippen LogP contribution in [0.4, 0.5) is 17.1 Å². The fraction of sp³-hybridized carbons (Fsp3) is 0.214. The second kappa shape index (κ2) is 10.3. The number of carbonyl (C=O) groups excluding carboxylic acids is 2. The van der Waals surface area contributed by atoms with Crippen LogP contribution in [0.25, 0.3) is 5.57 Å². The zero-order valence-electron chi connectivity index (χ0n) is 19.7. The predicted molar refractivity (Wildman–Crippen MR) is 137 cm³/mol. The number of benzene rings is 3. The van der Waals surface area contributed by atoms with E-state index < -0.39 is 0 Å². The number of ether oxygens (including phenoxy) is 1. The van der Waals surface area contributed by atoms with Crippen LogP contribution in [-0.2, 0) is 9.59 Å². The topological polar surface area (TPSA) is 61.9 Å². The first-order chi connectivity index (χ1) is 16.6. The van der Waals surface area contributed by atoms with E-state index in [0.29, 0.717) is 34.9 Å². The Morgan fingerprint density at radius 3 is 2.18 bits per heavy atom. The minimum absolute atomic E-state index is 0.248. The van der Waals surface area contributed by atoms with Gasteiger partial charge in [0.25, 0.3) is 11.8 Å². The molecule has 0 radical (unpaired) electrons. The molecule has 174 valence electrons. The van der Waals surface area contributed by atoms with Crippen LogP contribution in [0.2, 0.25) is 0 Å². The van der Waals surface area contributed by atoms with Gasteiger partial charge in [-0.05, 0) is 62.7 Å². The summed E-state index contributed by atoms with van der Waals surface area (Å²) in [4.78, 5) is 30.6. The van der Waals surface area contributed by atoms with Crippen molar-refractivity contribution in [3.63, 3.8) is 0 Å². The molecule has 0 unspecified atom stereocenters. The number of amides is 2. The SMILES string of the molecule is CCOc1cccc(NC2=C(c3ccccc3)C(=O)N(c3ccc(N(CC)CC)cc3)C2=O)c1. The van der Waals surface area contributed by atoms with E-state index in [2.05, 4.69) is 24.1 Å². The molecule has 6 heteroatoms. The molecule has 0 atom stereocenters. The number of nitrogens with one attached hydrogen (secondary N) is 1. The van der Waals surface area contributed by atoms with Gasteiger partial charge in [-0.3, -0.25) is 9.59 Å². The third kappa shape index (κ3) is 4.53. The van der Waals surface area contributed by atoms with Crippen molar-refractivity contribution in [2.45, 2.75) is 20.8 Å². The molecular formula is C28H29N3O3. The average molecular weight is 456 g/mol. The smallest absolute Gasteiger partial charge is 0.282 e. The molecule has 3 aromatic rings. The summed E-state index contributed by atoms with van der Waals surface area (Å²) in [5.41, 5.74) is 3.55. The van der Waals surface area contributed by atoms with E-state index in [0.717, 1.165) is 18.8 Å². The van der Waals surface area contributed by atoms with Gasteiger partial charge in [-0.25, -0.2) is 4.90 Å². The van der Waals surface area contributed by atoms with Gasteiger partial charge >= 0.3 is 0 Å². The quantitative estimate of drug-likeness (QED) is 0.442. The van der Waals surface area contributed by atoms with Crippen molar-refractivity contribution in [3.05, 3.63) is 90.1 Å². The molecule has 0 fully saturated rings. The first-order valence-corrected chi connectivity index (χ1v) is 11.6. The highest BCUT2D eigenvalue weighted by atomic mass is 16.5. The number of anilines is 3. The minimum Gasteiger partial charge on any atom is -0.494 e. The Morgan fingerprint density at radius 2 is 1.53 bits per heavy atom. The number of carbonyl (C=O) groups is 2. The van der Waals surface area contributed by atoms with Gasteiger partial charge in [-0.1, -0.05) is 36.4 Å². The molecule has 6 nitrogen and oxygen atoms in total. The zero-order chi connectivity index (χ0) is 24.1. The summed E-state index contributed by atoms with van der Waals surface area (Å²) in [7, 11) is 0. The first kappa shape index (κ1) is 23.1. The van der Waals surface area contributed by atoms with E-state index in [1.807, 2.05) is 85.8 Å². The van der Waals surface area contributed by atoms with Crippen molar-refractivity contribution in [1.29, 1.82) is 0 Å². The standard InChI is InChI=1S/C28H29N3O3/c1-4-30(5-2)22-15-17-23(18-16-22)31-27(32)25(20-11-8-7-9-12-20)26(28(31)33)29-21-13-10-14-24(19-21)34-6-3/h7-19,29H,4-6H2,1-3H3. The number of nitrogens with zero attached hydrogens (tertiary/aromatic N) is 2. The molecule has 1 N–H and O–H groups in total. The highest BCUT2D eigenvalue weighted by molar-refractivity contribution is 6.46. The number of rotatable bonds is 9. The molecule has 0 saturated carbocycles. The van der Waals surface area contributed by atoms with Crippen molar-refractivity contribution < 1.29 is 14.3 Å². The molecule has 0 spiro atoms.